The number of hydrogen-bond acceptors (Lipinski definition) is 4. The van der Waals surface area contributed by atoms with Crippen molar-refractivity contribution in [2.75, 3.05) is 13.1 Å². The third-order valence-corrected chi connectivity index (χ3v) is 5.49. The second-order valence-corrected chi connectivity index (χ2v) is 7.12. The molecule has 3 rings (SSSR count). The minimum atomic E-state index is -0.272. The number of nitrogens with zero attached hydrogens (tertiary/aromatic N) is 2. The Morgan fingerprint density at radius 2 is 2.00 bits per heavy atom. The maximum atomic E-state index is 12.4. The fourth-order valence-electron chi connectivity index (χ4n) is 2.83. The van der Waals surface area contributed by atoms with Gasteiger partial charge in [-0.25, -0.2) is 4.98 Å². The van der Waals surface area contributed by atoms with Crippen molar-refractivity contribution in [3.8, 4) is 10.6 Å². The lowest BCUT2D eigenvalue weighted by molar-refractivity contribution is -0.134. The quantitative estimate of drug-likeness (QED) is 0.907. The van der Waals surface area contributed by atoms with Gasteiger partial charge in [-0.05, 0) is 18.9 Å². The molecule has 0 aliphatic carbocycles. The molecule has 1 fully saturated rings. The molecular formula is C17H18ClN3O2S. The molecule has 1 aliphatic heterocycles. The second-order valence-electron chi connectivity index (χ2n) is 5.86. The molecule has 1 aromatic heterocycles. The monoisotopic (exact) mass is 363 g/mol. The van der Waals surface area contributed by atoms with Crippen LogP contribution >= 0.6 is 22.9 Å². The van der Waals surface area contributed by atoms with E-state index in [4.69, 9.17) is 17.3 Å². The molecule has 0 spiro atoms. The summed E-state index contributed by atoms with van der Waals surface area (Å²) in [6, 6.07) is 7.53. The summed E-state index contributed by atoms with van der Waals surface area (Å²) in [4.78, 5) is 29.9. The minimum Gasteiger partial charge on any atom is -0.369 e. The Morgan fingerprint density at radius 3 is 2.67 bits per heavy atom. The molecule has 5 nitrogen and oxygen atoms in total. The van der Waals surface area contributed by atoms with Gasteiger partial charge in [0.2, 0.25) is 11.8 Å². The number of benzene rings is 1. The van der Waals surface area contributed by atoms with Gasteiger partial charge in [0, 0.05) is 30.0 Å². The molecule has 1 aliphatic rings. The van der Waals surface area contributed by atoms with Crippen LogP contribution in [-0.2, 0) is 16.0 Å². The van der Waals surface area contributed by atoms with Crippen LogP contribution in [0.25, 0.3) is 10.6 Å². The zero-order chi connectivity index (χ0) is 17.1. The number of likely N-dealkylation sites (tertiary alicyclic amines) is 1. The molecule has 7 heteroatoms. The first-order valence-electron chi connectivity index (χ1n) is 7.81. The number of hydrogen-bond donors (Lipinski definition) is 1. The Bertz CT molecular complexity index is 754. The molecule has 1 saturated heterocycles. The van der Waals surface area contributed by atoms with Crippen molar-refractivity contribution in [2.24, 2.45) is 11.7 Å². The van der Waals surface area contributed by atoms with Crippen molar-refractivity contribution < 1.29 is 9.59 Å². The molecule has 0 unspecified atom stereocenters. The van der Waals surface area contributed by atoms with Crippen molar-refractivity contribution in [1.29, 1.82) is 0 Å². The van der Waals surface area contributed by atoms with E-state index in [0.717, 1.165) is 16.3 Å². The highest BCUT2D eigenvalue weighted by Crippen LogP contribution is 2.30. The van der Waals surface area contributed by atoms with Crippen molar-refractivity contribution >= 4 is 34.8 Å². The maximum Gasteiger partial charge on any atom is 0.228 e. The Hall–Kier alpha value is -1.92. The number of nitrogens with two attached hydrogens (primary N) is 1. The average molecular weight is 364 g/mol. The molecule has 0 atom stereocenters. The number of halogens is 1. The first-order chi connectivity index (χ1) is 11.5. The predicted octanol–water partition coefficient (Wildman–Crippen LogP) is 2.73. The summed E-state index contributed by atoms with van der Waals surface area (Å²) in [5.74, 6) is -0.347. The Morgan fingerprint density at radius 1 is 1.29 bits per heavy atom. The average Bonchev–Trinajstić information content (AvgIpc) is 3.03. The van der Waals surface area contributed by atoms with Crippen molar-refractivity contribution in [1.82, 2.24) is 9.88 Å². The topological polar surface area (TPSA) is 76.3 Å². The van der Waals surface area contributed by atoms with Gasteiger partial charge >= 0.3 is 0 Å². The van der Waals surface area contributed by atoms with Gasteiger partial charge in [0.1, 0.15) is 5.01 Å². The van der Waals surface area contributed by atoms with Crippen LogP contribution in [0.1, 0.15) is 18.5 Å². The largest absolute Gasteiger partial charge is 0.369 e. The summed E-state index contributed by atoms with van der Waals surface area (Å²) >= 11 is 7.67. The molecule has 1 aromatic carbocycles. The number of amides is 2. The number of carbonyl (C=O) groups is 2. The Kier molecular flexibility index (Phi) is 5.16. The summed E-state index contributed by atoms with van der Waals surface area (Å²) in [6.07, 6.45) is 1.55. The van der Waals surface area contributed by atoms with E-state index in [-0.39, 0.29) is 24.2 Å². The molecule has 0 saturated carbocycles. The number of primary amides is 1. The highest BCUT2D eigenvalue weighted by atomic mass is 35.5. The smallest absolute Gasteiger partial charge is 0.228 e. The standard InChI is InChI=1S/C17H18ClN3O2S/c18-14-4-2-1-3-13(14)17-20-12(10-24-17)9-15(22)21-7-5-11(6-8-21)16(19)23/h1-4,10-11H,5-9H2,(H2,19,23). The van der Waals surface area contributed by atoms with E-state index in [1.807, 2.05) is 29.6 Å². The molecule has 2 N–H and O–H groups in total. The lowest BCUT2D eigenvalue weighted by atomic mass is 9.96. The van der Waals surface area contributed by atoms with Gasteiger partial charge < -0.3 is 10.6 Å². The van der Waals surface area contributed by atoms with Gasteiger partial charge in [-0.15, -0.1) is 11.3 Å². The fraction of sp³-hybridized carbons (Fsp3) is 0.353. The number of piperidine rings is 1. The molecule has 0 bridgehead atoms. The van der Waals surface area contributed by atoms with Crippen LogP contribution in [0, 0.1) is 5.92 Å². The van der Waals surface area contributed by atoms with Gasteiger partial charge in [-0.2, -0.15) is 0 Å². The summed E-state index contributed by atoms with van der Waals surface area (Å²) < 4.78 is 0. The lowest BCUT2D eigenvalue weighted by Crippen LogP contribution is -2.42. The van der Waals surface area contributed by atoms with Crippen LogP contribution < -0.4 is 5.73 Å². The van der Waals surface area contributed by atoms with Crippen LogP contribution in [0.5, 0.6) is 0 Å². The molecule has 2 amide bonds. The van der Waals surface area contributed by atoms with Crippen molar-refractivity contribution in [3.63, 3.8) is 0 Å². The maximum absolute atomic E-state index is 12.4. The van der Waals surface area contributed by atoms with E-state index in [9.17, 15) is 9.59 Å². The van der Waals surface area contributed by atoms with E-state index >= 15 is 0 Å². The van der Waals surface area contributed by atoms with E-state index in [0.29, 0.717) is 31.0 Å². The van der Waals surface area contributed by atoms with Gasteiger partial charge in [0.15, 0.2) is 0 Å². The molecule has 2 aromatic rings. The number of aromatic nitrogens is 1. The van der Waals surface area contributed by atoms with Gasteiger partial charge in [0.05, 0.1) is 17.1 Å². The third kappa shape index (κ3) is 3.76. The van der Waals surface area contributed by atoms with Crippen molar-refractivity contribution in [2.45, 2.75) is 19.3 Å². The Balaban J connectivity index is 1.62. The highest BCUT2D eigenvalue weighted by Gasteiger charge is 2.26. The molecular weight excluding hydrogens is 346 g/mol. The summed E-state index contributed by atoms with van der Waals surface area (Å²) in [5, 5.41) is 3.36. The van der Waals surface area contributed by atoms with E-state index in [2.05, 4.69) is 4.98 Å². The van der Waals surface area contributed by atoms with Gasteiger partial charge in [0.25, 0.3) is 0 Å². The lowest BCUT2D eigenvalue weighted by Gasteiger charge is -2.30. The van der Waals surface area contributed by atoms with Gasteiger partial charge in [-0.1, -0.05) is 29.8 Å². The first-order valence-corrected chi connectivity index (χ1v) is 9.06. The van der Waals surface area contributed by atoms with Gasteiger partial charge in [-0.3, -0.25) is 9.59 Å². The first kappa shape index (κ1) is 16.9. The van der Waals surface area contributed by atoms with E-state index in [1.54, 1.807) is 4.90 Å². The summed E-state index contributed by atoms with van der Waals surface area (Å²) in [5.41, 5.74) is 6.95. The third-order valence-electron chi connectivity index (χ3n) is 4.24. The highest BCUT2D eigenvalue weighted by molar-refractivity contribution is 7.13. The number of rotatable bonds is 4. The normalized spacial score (nSPS) is 15.5. The predicted molar refractivity (Wildman–Crippen MR) is 94.8 cm³/mol. The van der Waals surface area contributed by atoms with Crippen LogP contribution in [0.2, 0.25) is 5.02 Å². The van der Waals surface area contributed by atoms with E-state index < -0.39 is 0 Å². The number of thiazole rings is 1. The summed E-state index contributed by atoms with van der Waals surface area (Å²) in [7, 11) is 0. The van der Waals surface area contributed by atoms with Crippen LogP contribution in [0.15, 0.2) is 29.6 Å². The van der Waals surface area contributed by atoms with Crippen molar-refractivity contribution in [3.05, 3.63) is 40.4 Å². The number of carbonyl (C=O) groups excluding carboxylic acids is 2. The summed E-state index contributed by atoms with van der Waals surface area (Å²) in [6.45, 7) is 1.15. The Labute approximate surface area is 149 Å². The van der Waals surface area contributed by atoms with Crippen LogP contribution in [-0.4, -0.2) is 34.8 Å². The minimum absolute atomic E-state index is 0.0360. The zero-order valence-corrected chi connectivity index (χ0v) is 14.6. The SMILES string of the molecule is NC(=O)C1CCN(C(=O)Cc2csc(-c3ccccc3Cl)n2)CC1. The molecule has 2 heterocycles. The molecule has 24 heavy (non-hydrogen) atoms. The molecule has 0 radical (unpaired) electrons. The van der Waals surface area contributed by atoms with E-state index in [1.165, 1.54) is 11.3 Å². The molecule has 126 valence electrons. The van der Waals surface area contributed by atoms with Crippen LogP contribution in [0.3, 0.4) is 0 Å². The van der Waals surface area contributed by atoms with Crippen LogP contribution in [0.4, 0.5) is 0 Å². The fourth-order valence-corrected chi connectivity index (χ4v) is 3.97. The second kappa shape index (κ2) is 7.32. The zero-order valence-electron chi connectivity index (χ0n) is 13.1.